The van der Waals surface area contributed by atoms with Gasteiger partial charge in [-0.1, -0.05) is 6.07 Å². The van der Waals surface area contributed by atoms with E-state index in [2.05, 4.69) is 10.1 Å². The molecule has 3 N–H and O–H groups in total. The third-order valence-corrected chi connectivity index (χ3v) is 2.13. The molecule has 0 atom stereocenters. The summed E-state index contributed by atoms with van der Waals surface area (Å²) >= 11 is 0. The fourth-order valence-corrected chi connectivity index (χ4v) is 1.30. The van der Waals surface area contributed by atoms with E-state index in [-0.39, 0.29) is 0 Å². The van der Waals surface area contributed by atoms with Gasteiger partial charge in [-0.3, -0.25) is 0 Å². The van der Waals surface area contributed by atoms with Crippen molar-refractivity contribution in [2.24, 2.45) is 0 Å². The first-order valence-corrected chi connectivity index (χ1v) is 4.90. The number of carbonyl (C=O) groups excluding carboxylic acids is 1. The Kier molecular flexibility index (Phi) is 4.60. The maximum atomic E-state index is 11.4. The summed E-state index contributed by atoms with van der Waals surface area (Å²) in [6.45, 7) is 1.20. The van der Waals surface area contributed by atoms with Gasteiger partial charge in [0.15, 0.2) is 0 Å². The lowest BCUT2D eigenvalue weighted by Crippen LogP contribution is -2.12. The SMILES string of the molecule is COCCNc1cccc(C(=O)OC)c1N. The molecule has 0 aliphatic rings. The number of methoxy groups -OCH3 is 2. The third kappa shape index (κ3) is 2.87. The lowest BCUT2D eigenvalue weighted by Gasteiger charge is -2.11. The number of para-hydroxylation sites is 1. The average Bonchev–Trinajstić information content (AvgIpc) is 2.30. The molecule has 88 valence electrons. The molecule has 1 aromatic carbocycles. The highest BCUT2D eigenvalue weighted by Crippen LogP contribution is 2.22. The summed E-state index contributed by atoms with van der Waals surface area (Å²) in [6.07, 6.45) is 0. The van der Waals surface area contributed by atoms with Gasteiger partial charge in [0.05, 0.1) is 30.7 Å². The summed E-state index contributed by atoms with van der Waals surface area (Å²) < 4.78 is 9.53. The molecule has 0 heterocycles. The number of nitrogen functional groups attached to an aromatic ring is 1. The Morgan fingerprint density at radius 3 is 2.81 bits per heavy atom. The van der Waals surface area contributed by atoms with Gasteiger partial charge in [-0.05, 0) is 12.1 Å². The van der Waals surface area contributed by atoms with Crippen LogP contribution in [0.2, 0.25) is 0 Å². The highest BCUT2D eigenvalue weighted by Gasteiger charge is 2.11. The number of carbonyl (C=O) groups is 1. The fraction of sp³-hybridized carbons (Fsp3) is 0.364. The van der Waals surface area contributed by atoms with Gasteiger partial charge in [-0.2, -0.15) is 0 Å². The predicted molar refractivity (Wildman–Crippen MR) is 62.6 cm³/mol. The van der Waals surface area contributed by atoms with Crippen molar-refractivity contribution >= 4 is 17.3 Å². The summed E-state index contributed by atoms with van der Waals surface area (Å²) in [5.74, 6) is -0.437. The van der Waals surface area contributed by atoms with Gasteiger partial charge < -0.3 is 20.5 Å². The zero-order chi connectivity index (χ0) is 12.0. The van der Waals surface area contributed by atoms with Crippen LogP contribution in [0, 0.1) is 0 Å². The normalized spacial score (nSPS) is 9.88. The first-order valence-electron chi connectivity index (χ1n) is 4.90. The van der Waals surface area contributed by atoms with Crippen LogP contribution < -0.4 is 11.1 Å². The number of esters is 1. The number of rotatable bonds is 5. The molecular weight excluding hydrogens is 208 g/mol. The molecule has 0 amide bonds. The number of nitrogens with two attached hydrogens (primary N) is 1. The van der Waals surface area contributed by atoms with Crippen molar-refractivity contribution in [3.63, 3.8) is 0 Å². The van der Waals surface area contributed by atoms with E-state index in [1.54, 1.807) is 25.3 Å². The summed E-state index contributed by atoms with van der Waals surface area (Å²) in [4.78, 5) is 11.4. The van der Waals surface area contributed by atoms with Gasteiger partial charge in [0.2, 0.25) is 0 Å². The molecule has 0 aliphatic heterocycles. The quantitative estimate of drug-likeness (QED) is 0.445. The summed E-state index contributed by atoms with van der Waals surface area (Å²) in [5.41, 5.74) is 7.31. The Hall–Kier alpha value is -1.75. The molecule has 5 heteroatoms. The van der Waals surface area contributed by atoms with Crippen molar-refractivity contribution in [3.8, 4) is 0 Å². The topological polar surface area (TPSA) is 73.6 Å². The Morgan fingerprint density at radius 2 is 2.19 bits per heavy atom. The molecule has 1 rings (SSSR count). The molecule has 0 aliphatic carbocycles. The van der Waals surface area contributed by atoms with Crippen molar-refractivity contribution in [2.75, 3.05) is 38.4 Å². The molecule has 0 unspecified atom stereocenters. The molecule has 0 radical (unpaired) electrons. The van der Waals surface area contributed by atoms with Gasteiger partial charge in [0.1, 0.15) is 0 Å². The molecule has 0 bridgehead atoms. The van der Waals surface area contributed by atoms with E-state index >= 15 is 0 Å². The monoisotopic (exact) mass is 224 g/mol. The molecule has 0 spiro atoms. The average molecular weight is 224 g/mol. The maximum absolute atomic E-state index is 11.4. The molecule has 0 saturated heterocycles. The van der Waals surface area contributed by atoms with E-state index in [1.807, 2.05) is 0 Å². The first-order chi connectivity index (χ1) is 7.70. The van der Waals surface area contributed by atoms with Crippen LogP contribution in [0.1, 0.15) is 10.4 Å². The van der Waals surface area contributed by atoms with Crippen LogP contribution in [-0.4, -0.2) is 33.3 Å². The Balaban J connectivity index is 2.82. The number of hydrogen-bond donors (Lipinski definition) is 2. The summed E-state index contributed by atoms with van der Waals surface area (Å²) in [7, 11) is 2.95. The van der Waals surface area contributed by atoms with Crippen molar-refractivity contribution in [2.45, 2.75) is 0 Å². The number of hydrogen-bond acceptors (Lipinski definition) is 5. The number of ether oxygens (including phenoxy) is 2. The Labute approximate surface area is 94.5 Å². The first kappa shape index (κ1) is 12.3. The second kappa shape index (κ2) is 5.97. The van der Waals surface area contributed by atoms with Crippen LogP contribution in [0.25, 0.3) is 0 Å². The standard InChI is InChI=1S/C11H16N2O3/c1-15-7-6-13-9-5-3-4-8(10(9)12)11(14)16-2/h3-5,13H,6-7,12H2,1-2H3. The van der Waals surface area contributed by atoms with Crippen LogP contribution in [0.5, 0.6) is 0 Å². The zero-order valence-electron chi connectivity index (χ0n) is 9.45. The Bertz CT molecular complexity index is 366. The van der Waals surface area contributed by atoms with Crippen LogP contribution in [0.3, 0.4) is 0 Å². The van der Waals surface area contributed by atoms with Crippen LogP contribution >= 0.6 is 0 Å². The van der Waals surface area contributed by atoms with Crippen LogP contribution in [0.15, 0.2) is 18.2 Å². The van der Waals surface area contributed by atoms with Gasteiger partial charge in [0.25, 0.3) is 0 Å². The van der Waals surface area contributed by atoms with E-state index in [0.29, 0.717) is 30.1 Å². The summed E-state index contributed by atoms with van der Waals surface area (Å²) in [6, 6.07) is 5.18. The van der Waals surface area contributed by atoms with E-state index < -0.39 is 5.97 Å². The molecule has 0 saturated carbocycles. The highest BCUT2D eigenvalue weighted by molar-refractivity contribution is 5.98. The van der Waals surface area contributed by atoms with E-state index in [0.717, 1.165) is 0 Å². The van der Waals surface area contributed by atoms with Gasteiger partial charge >= 0.3 is 5.97 Å². The molecular formula is C11H16N2O3. The highest BCUT2D eigenvalue weighted by atomic mass is 16.5. The van der Waals surface area contributed by atoms with E-state index in [1.165, 1.54) is 7.11 Å². The smallest absolute Gasteiger partial charge is 0.340 e. The number of benzene rings is 1. The molecule has 0 fully saturated rings. The van der Waals surface area contributed by atoms with Crippen LogP contribution in [-0.2, 0) is 9.47 Å². The largest absolute Gasteiger partial charge is 0.465 e. The maximum Gasteiger partial charge on any atom is 0.340 e. The van der Waals surface area contributed by atoms with Crippen molar-refractivity contribution in [1.29, 1.82) is 0 Å². The van der Waals surface area contributed by atoms with E-state index in [4.69, 9.17) is 10.5 Å². The molecule has 1 aromatic rings. The van der Waals surface area contributed by atoms with Crippen molar-refractivity contribution < 1.29 is 14.3 Å². The van der Waals surface area contributed by atoms with E-state index in [9.17, 15) is 4.79 Å². The zero-order valence-corrected chi connectivity index (χ0v) is 9.45. The molecule has 5 nitrogen and oxygen atoms in total. The van der Waals surface area contributed by atoms with Gasteiger partial charge in [0, 0.05) is 13.7 Å². The molecule has 0 aromatic heterocycles. The summed E-state index contributed by atoms with van der Waals surface area (Å²) in [5, 5.41) is 3.08. The molecule has 16 heavy (non-hydrogen) atoms. The predicted octanol–water partition coefficient (Wildman–Crippen LogP) is 1.11. The third-order valence-electron chi connectivity index (χ3n) is 2.13. The van der Waals surface area contributed by atoms with Gasteiger partial charge in [-0.15, -0.1) is 0 Å². The van der Waals surface area contributed by atoms with Crippen molar-refractivity contribution in [3.05, 3.63) is 23.8 Å². The minimum atomic E-state index is -0.437. The Morgan fingerprint density at radius 1 is 1.44 bits per heavy atom. The second-order valence-electron chi connectivity index (χ2n) is 3.18. The number of nitrogens with one attached hydrogen (secondary N) is 1. The fourth-order valence-electron chi connectivity index (χ4n) is 1.30. The minimum absolute atomic E-state index is 0.366. The lowest BCUT2D eigenvalue weighted by atomic mass is 10.1. The number of anilines is 2. The second-order valence-corrected chi connectivity index (χ2v) is 3.18. The van der Waals surface area contributed by atoms with Crippen molar-refractivity contribution in [1.82, 2.24) is 0 Å². The lowest BCUT2D eigenvalue weighted by molar-refractivity contribution is 0.0602. The minimum Gasteiger partial charge on any atom is -0.465 e. The van der Waals surface area contributed by atoms with Crippen LogP contribution in [0.4, 0.5) is 11.4 Å². The van der Waals surface area contributed by atoms with Gasteiger partial charge in [-0.25, -0.2) is 4.79 Å².